The number of H-pyrrole nitrogens is 1. The Morgan fingerprint density at radius 3 is 2.94 bits per heavy atom. The van der Waals surface area contributed by atoms with Crippen LogP contribution in [0.15, 0.2) is 42.7 Å². The topological polar surface area (TPSA) is 56.9 Å². The van der Waals surface area contributed by atoms with Gasteiger partial charge in [-0.1, -0.05) is 12.1 Å². The number of benzene rings is 1. The Hall–Kier alpha value is -2.23. The van der Waals surface area contributed by atoms with Gasteiger partial charge in [-0.3, -0.25) is 0 Å². The van der Waals surface area contributed by atoms with Crippen molar-refractivity contribution in [1.29, 1.82) is 0 Å². The van der Waals surface area contributed by atoms with Crippen LogP contribution in [-0.2, 0) is 6.54 Å². The predicted molar refractivity (Wildman–Crippen MR) is 67.8 cm³/mol. The molecule has 0 radical (unpaired) electrons. The fourth-order valence-electron chi connectivity index (χ4n) is 1.55. The number of carbonyl (C=O) groups excluding carboxylic acids is 1. The van der Waals surface area contributed by atoms with Gasteiger partial charge in [0.15, 0.2) is 0 Å². The Kier molecular flexibility index (Phi) is 3.45. The molecule has 0 unspecified atom stereocenters. The van der Waals surface area contributed by atoms with Crippen LogP contribution in [0.5, 0.6) is 0 Å². The average Bonchev–Trinajstić information content (AvgIpc) is 2.79. The number of amides is 2. The number of hydrogen-bond donors (Lipinski definition) is 3. The van der Waals surface area contributed by atoms with Crippen LogP contribution in [0.3, 0.4) is 0 Å². The Bertz CT molecular complexity index is 491. The lowest BCUT2D eigenvalue weighted by Crippen LogP contribution is -2.27. The zero-order valence-corrected chi connectivity index (χ0v) is 9.66. The highest BCUT2D eigenvalue weighted by atomic mass is 16.2. The van der Waals surface area contributed by atoms with Gasteiger partial charge in [-0.2, -0.15) is 0 Å². The first kappa shape index (κ1) is 11.3. The fourth-order valence-corrected chi connectivity index (χ4v) is 1.55. The highest BCUT2D eigenvalue weighted by Gasteiger charge is 2.01. The second-order valence-electron chi connectivity index (χ2n) is 3.90. The minimum atomic E-state index is -0.197. The fraction of sp³-hybridized carbons (Fsp3) is 0.154. The molecule has 0 aliphatic carbocycles. The van der Waals surface area contributed by atoms with E-state index in [-0.39, 0.29) is 6.03 Å². The van der Waals surface area contributed by atoms with Crippen LogP contribution in [-0.4, -0.2) is 11.0 Å². The molecule has 0 aliphatic rings. The molecule has 0 saturated carbocycles. The normalized spacial score (nSPS) is 9.94. The second kappa shape index (κ2) is 5.21. The van der Waals surface area contributed by atoms with Gasteiger partial charge < -0.3 is 15.6 Å². The Labute approximate surface area is 100 Å². The van der Waals surface area contributed by atoms with Gasteiger partial charge in [0.1, 0.15) is 0 Å². The van der Waals surface area contributed by atoms with E-state index in [4.69, 9.17) is 0 Å². The smallest absolute Gasteiger partial charge is 0.319 e. The van der Waals surface area contributed by atoms with Gasteiger partial charge in [0.05, 0.1) is 0 Å². The number of rotatable bonds is 3. The van der Waals surface area contributed by atoms with Gasteiger partial charge in [-0.15, -0.1) is 0 Å². The van der Waals surface area contributed by atoms with Crippen molar-refractivity contribution >= 4 is 11.7 Å². The molecule has 4 heteroatoms. The molecule has 0 saturated heterocycles. The van der Waals surface area contributed by atoms with Crippen molar-refractivity contribution in [3.63, 3.8) is 0 Å². The Balaban J connectivity index is 1.85. The summed E-state index contributed by atoms with van der Waals surface area (Å²) in [7, 11) is 0. The molecule has 0 bridgehead atoms. The molecule has 0 fully saturated rings. The molecule has 2 aromatic rings. The molecule has 0 spiro atoms. The van der Waals surface area contributed by atoms with Crippen molar-refractivity contribution in [2.24, 2.45) is 0 Å². The predicted octanol–water partition coefficient (Wildman–Crippen LogP) is 2.64. The van der Waals surface area contributed by atoms with Crippen molar-refractivity contribution in [3.8, 4) is 0 Å². The van der Waals surface area contributed by atoms with Crippen molar-refractivity contribution in [2.75, 3.05) is 5.32 Å². The number of hydrogen-bond acceptors (Lipinski definition) is 1. The van der Waals surface area contributed by atoms with Crippen molar-refractivity contribution in [1.82, 2.24) is 10.3 Å². The summed E-state index contributed by atoms with van der Waals surface area (Å²) in [4.78, 5) is 14.5. The van der Waals surface area contributed by atoms with Crippen LogP contribution in [0.25, 0.3) is 0 Å². The minimum Gasteiger partial charge on any atom is -0.367 e. The highest BCUT2D eigenvalue weighted by molar-refractivity contribution is 5.89. The minimum absolute atomic E-state index is 0.197. The van der Waals surface area contributed by atoms with Crippen molar-refractivity contribution < 1.29 is 4.79 Å². The lowest BCUT2D eigenvalue weighted by Gasteiger charge is -2.07. The number of nitrogens with one attached hydrogen (secondary N) is 3. The van der Waals surface area contributed by atoms with Gasteiger partial charge in [0, 0.05) is 24.6 Å². The first-order valence-electron chi connectivity index (χ1n) is 5.47. The molecule has 2 amide bonds. The molecule has 17 heavy (non-hydrogen) atoms. The molecule has 1 aromatic heterocycles. The lowest BCUT2D eigenvalue weighted by atomic mass is 10.2. The molecule has 3 N–H and O–H groups in total. The SMILES string of the molecule is Cc1cccc(NC(=O)NCc2cc[nH]c2)c1. The third-order valence-corrected chi connectivity index (χ3v) is 2.39. The largest absolute Gasteiger partial charge is 0.367 e. The maximum atomic E-state index is 11.6. The number of anilines is 1. The second-order valence-corrected chi connectivity index (χ2v) is 3.90. The van der Waals surface area contributed by atoms with Gasteiger partial charge in [-0.05, 0) is 36.2 Å². The summed E-state index contributed by atoms with van der Waals surface area (Å²) in [6, 6.07) is 9.42. The molecule has 4 nitrogen and oxygen atoms in total. The maximum absolute atomic E-state index is 11.6. The van der Waals surface area contributed by atoms with Crippen molar-refractivity contribution in [3.05, 3.63) is 53.9 Å². The standard InChI is InChI=1S/C13H15N3O/c1-10-3-2-4-12(7-10)16-13(17)15-9-11-5-6-14-8-11/h2-8,14H,9H2,1H3,(H2,15,16,17). The summed E-state index contributed by atoms with van der Waals surface area (Å²) in [5.74, 6) is 0. The Morgan fingerprint density at radius 2 is 2.24 bits per heavy atom. The lowest BCUT2D eigenvalue weighted by molar-refractivity contribution is 0.252. The molecule has 0 aliphatic heterocycles. The maximum Gasteiger partial charge on any atom is 0.319 e. The monoisotopic (exact) mass is 229 g/mol. The molecule has 1 aromatic carbocycles. The zero-order valence-electron chi connectivity index (χ0n) is 9.66. The quantitative estimate of drug-likeness (QED) is 0.744. The molecular weight excluding hydrogens is 214 g/mol. The summed E-state index contributed by atoms with van der Waals surface area (Å²) < 4.78 is 0. The van der Waals surface area contributed by atoms with Gasteiger partial charge in [-0.25, -0.2) is 4.79 Å². The van der Waals surface area contributed by atoms with Crippen LogP contribution >= 0.6 is 0 Å². The highest BCUT2D eigenvalue weighted by Crippen LogP contribution is 2.09. The molecule has 88 valence electrons. The van der Waals surface area contributed by atoms with Crippen LogP contribution in [0.4, 0.5) is 10.5 Å². The van der Waals surface area contributed by atoms with E-state index in [0.717, 1.165) is 16.8 Å². The van der Waals surface area contributed by atoms with Gasteiger partial charge in [0.25, 0.3) is 0 Å². The first-order valence-corrected chi connectivity index (χ1v) is 5.47. The molecule has 0 atom stereocenters. The first-order chi connectivity index (χ1) is 8.24. The summed E-state index contributed by atoms with van der Waals surface area (Å²) in [6.07, 6.45) is 3.68. The third kappa shape index (κ3) is 3.38. The summed E-state index contributed by atoms with van der Waals surface area (Å²) in [5, 5.41) is 5.57. The van der Waals surface area contributed by atoms with E-state index >= 15 is 0 Å². The van der Waals surface area contributed by atoms with Crippen LogP contribution in [0, 0.1) is 6.92 Å². The van der Waals surface area contributed by atoms with E-state index in [1.807, 2.05) is 49.6 Å². The average molecular weight is 229 g/mol. The van der Waals surface area contributed by atoms with E-state index in [0.29, 0.717) is 6.54 Å². The van der Waals surface area contributed by atoms with Crippen LogP contribution in [0.1, 0.15) is 11.1 Å². The molecule has 1 heterocycles. The number of aryl methyl sites for hydroxylation is 1. The van der Waals surface area contributed by atoms with Crippen LogP contribution in [0.2, 0.25) is 0 Å². The summed E-state index contributed by atoms with van der Waals surface area (Å²) >= 11 is 0. The Morgan fingerprint density at radius 1 is 1.35 bits per heavy atom. The van der Waals surface area contributed by atoms with E-state index in [1.165, 1.54) is 0 Å². The summed E-state index contributed by atoms with van der Waals surface area (Å²) in [5.41, 5.74) is 2.97. The van der Waals surface area contributed by atoms with Gasteiger partial charge >= 0.3 is 6.03 Å². The van der Waals surface area contributed by atoms with Crippen LogP contribution < -0.4 is 10.6 Å². The molecular formula is C13H15N3O. The van der Waals surface area contributed by atoms with Crippen molar-refractivity contribution in [2.45, 2.75) is 13.5 Å². The van der Waals surface area contributed by atoms with E-state index < -0.39 is 0 Å². The van der Waals surface area contributed by atoms with E-state index in [2.05, 4.69) is 15.6 Å². The number of carbonyl (C=O) groups is 1. The van der Waals surface area contributed by atoms with Gasteiger partial charge in [0.2, 0.25) is 0 Å². The summed E-state index contributed by atoms with van der Waals surface area (Å²) in [6.45, 7) is 2.50. The van der Waals surface area contributed by atoms with E-state index in [1.54, 1.807) is 0 Å². The molecule has 2 rings (SSSR count). The zero-order chi connectivity index (χ0) is 12.1. The number of aromatic amines is 1. The number of urea groups is 1. The third-order valence-electron chi connectivity index (χ3n) is 2.39. The number of aromatic nitrogens is 1. The van der Waals surface area contributed by atoms with E-state index in [9.17, 15) is 4.79 Å².